The van der Waals surface area contributed by atoms with Gasteiger partial charge >= 0.3 is 6.61 Å². The first-order valence-corrected chi connectivity index (χ1v) is 5.44. The number of hydrogen-bond acceptors (Lipinski definition) is 2. The van der Waals surface area contributed by atoms with Gasteiger partial charge in [-0.1, -0.05) is 25.0 Å². The predicted molar refractivity (Wildman–Crippen MR) is 57.4 cm³/mol. The molecule has 0 heterocycles. The van der Waals surface area contributed by atoms with E-state index in [0.29, 0.717) is 0 Å². The largest absolute Gasteiger partial charge is 0.435 e. The van der Waals surface area contributed by atoms with Crippen molar-refractivity contribution in [3.05, 3.63) is 29.8 Å². The van der Waals surface area contributed by atoms with E-state index in [1.54, 1.807) is 24.3 Å². The smallest absolute Gasteiger partial charge is 0.387 e. The van der Waals surface area contributed by atoms with Crippen molar-refractivity contribution in [2.75, 3.05) is 0 Å². The zero-order valence-electron chi connectivity index (χ0n) is 8.96. The minimum Gasteiger partial charge on any atom is -0.435 e. The molecule has 1 aromatic carbocycles. The summed E-state index contributed by atoms with van der Waals surface area (Å²) in [7, 11) is 0. The molecule has 16 heavy (non-hydrogen) atoms. The van der Waals surface area contributed by atoms with Crippen LogP contribution in [0.4, 0.5) is 8.78 Å². The van der Waals surface area contributed by atoms with Gasteiger partial charge in [-0.05, 0) is 30.5 Å². The summed E-state index contributed by atoms with van der Waals surface area (Å²) in [5.41, 5.74) is 6.97. The Bertz CT molecular complexity index is 345. The van der Waals surface area contributed by atoms with E-state index in [1.807, 2.05) is 0 Å². The molecule has 0 radical (unpaired) electrons. The highest BCUT2D eigenvalue weighted by Crippen LogP contribution is 2.36. The molecule has 1 saturated carbocycles. The van der Waals surface area contributed by atoms with Gasteiger partial charge in [-0.25, -0.2) is 0 Å². The lowest BCUT2D eigenvalue weighted by atomic mass is 9.89. The Morgan fingerprint density at radius 2 is 1.69 bits per heavy atom. The third-order valence-corrected chi connectivity index (χ3v) is 3.15. The van der Waals surface area contributed by atoms with Gasteiger partial charge in [0.25, 0.3) is 0 Å². The summed E-state index contributed by atoms with van der Waals surface area (Å²) in [6.45, 7) is -2.77. The molecular formula is C12H15F2NO. The first kappa shape index (κ1) is 11.3. The molecule has 0 aliphatic heterocycles. The van der Waals surface area contributed by atoms with Crippen molar-refractivity contribution >= 4 is 0 Å². The minimum atomic E-state index is -2.77. The molecule has 1 aliphatic carbocycles. The van der Waals surface area contributed by atoms with E-state index in [4.69, 9.17) is 5.73 Å². The Morgan fingerprint density at radius 3 is 2.19 bits per heavy atom. The lowest BCUT2D eigenvalue weighted by molar-refractivity contribution is -0.0498. The Hall–Kier alpha value is -1.16. The average Bonchev–Trinajstić information content (AvgIpc) is 2.66. The summed E-state index contributed by atoms with van der Waals surface area (Å²) < 4.78 is 28.2. The second kappa shape index (κ2) is 4.37. The maximum absolute atomic E-state index is 12.0. The second-order valence-electron chi connectivity index (χ2n) is 4.27. The van der Waals surface area contributed by atoms with E-state index in [-0.39, 0.29) is 11.3 Å². The Morgan fingerprint density at radius 1 is 1.12 bits per heavy atom. The highest BCUT2D eigenvalue weighted by Gasteiger charge is 2.30. The normalized spacial score (nSPS) is 19.0. The first-order chi connectivity index (χ1) is 7.60. The predicted octanol–water partition coefficient (Wildman–Crippen LogP) is 3.02. The molecule has 4 heteroatoms. The molecule has 0 spiro atoms. The van der Waals surface area contributed by atoms with Crippen LogP contribution in [-0.4, -0.2) is 6.61 Å². The van der Waals surface area contributed by atoms with E-state index in [2.05, 4.69) is 4.74 Å². The molecule has 0 bridgehead atoms. The van der Waals surface area contributed by atoms with Crippen molar-refractivity contribution in [3.63, 3.8) is 0 Å². The van der Waals surface area contributed by atoms with Crippen molar-refractivity contribution in [1.29, 1.82) is 0 Å². The molecule has 0 unspecified atom stereocenters. The molecule has 0 atom stereocenters. The molecule has 1 fully saturated rings. The maximum atomic E-state index is 12.0. The summed E-state index contributed by atoms with van der Waals surface area (Å²) in [6, 6.07) is 6.66. The van der Waals surface area contributed by atoms with Gasteiger partial charge in [0.2, 0.25) is 0 Å². The minimum absolute atomic E-state index is 0.181. The van der Waals surface area contributed by atoms with Crippen LogP contribution in [0.25, 0.3) is 0 Å². The highest BCUT2D eigenvalue weighted by molar-refractivity contribution is 5.32. The van der Waals surface area contributed by atoms with Crippen LogP contribution in [0, 0.1) is 0 Å². The van der Waals surface area contributed by atoms with Crippen molar-refractivity contribution in [2.45, 2.75) is 37.8 Å². The Kier molecular flexibility index (Phi) is 3.10. The molecule has 0 amide bonds. The quantitative estimate of drug-likeness (QED) is 0.861. The van der Waals surface area contributed by atoms with Crippen LogP contribution >= 0.6 is 0 Å². The monoisotopic (exact) mass is 227 g/mol. The number of alkyl halides is 2. The van der Waals surface area contributed by atoms with Crippen LogP contribution in [-0.2, 0) is 5.54 Å². The van der Waals surface area contributed by atoms with Gasteiger partial charge < -0.3 is 10.5 Å². The van der Waals surface area contributed by atoms with Gasteiger partial charge in [0.1, 0.15) is 5.75 Å². The molecule has 2 nitrogen and oxygen atoms in total. The van der Waals surface area contributed by atoms with Crippen molar-refractivity contribution in [3.8, 4) is 5.75 Å². The van der Waals surface area contributed by atoms with Gasteiger partial charge in [-0.2, -0.15) is 8.78 Å². The van der Waals surface area contributed by atoms with Crippen LogP contribution in [0.3, 0.4) is 0 Å². The zero-order valence-corrected chi connectivity index (χ0v) is 8.96. The summed E-state index contributed by atoms with van der Waals surface area (Å²) in [4.78, 5) is 0. The second-order valence-corrected chi connectivity index (χ2v) is 4.27. The molecule has 1 aromatic rings. The fraction of sp³-hybridized carbons (Fsp3) is 0.500. The fourth-order valence-corrected chi connectivity index (χ4v) is 2.26. The van der Waals surface area contributed by atoms with E-state index in [9.17, 15) is 8.78 Å². The van der Waals surface area contributed by atoms with Crippen molar-refractivity contribution in [1.82, 2.24) is 0 Å². The third-order valence-electron chi connectivity index (χ3n) is 3.15. The number of halogens is 2. The molecule has 1 aliphatic rings. The van der Waals surface area contributed by atoms with Crippen LogP contribution in [0.1, 0.15) is 31.2 Å². The molecule has 88 valence electrons. The third kappa shape index (κ3) is 2.32. The van der Waals surface area contributed by atoms with Crippen LogP contribution in [0.15, 0.2) is 24.3 Å². The zero-order chi connectivity index (χ0) is 11.6. The van der Waals surface area contributed by atoms with Crippen LogP contribution < -0.4 is 10.5 Å². The SMILES string of the molecule is NC1(c2ccc(OC(F)F)cc2)CCCC1. The Balaban J connectivity index is 2.12. The number of nitrogens with two attached hydrogens (primary N) is 1. The molecular weight excluding hydrogens is 212 g/mol. The number of rotatable bonds is 3. The van der Waals surface area contributed by atoms with E-state index >= 15 is 0 Å². The van der Waals surface area contributed by atoms with E-state index < -0.39 is 6.61 Å². The molecule has 2 rings (SSSR count). The number of ether oxygens (including phenoxy) is 1. The van der Waals surface area contributed by atoms with E-state index in [0.717, 1.165) is 31.2 Å². The van der Waals surface area contributed by atoms with Gasteiger partial charge in [0, 0.05) is 5.54 Å². The van der Waals surface area contributed by atoms with Crippen LogP contribution in [0.5, 0.6) is 5.75 Å². The maximum Gasteiger partial charge on any atom is 0.387 e. The lowest BCUT2D eigenvalue weighted by Gasteiger charge is -2.24. The standard InChI is InChI=1S/C12H15F2NO/c13-11(14)16-10-5-3-9(4-6-10)12(15)7-1-2-8-12/h3-6,11H,1-2,7-8,15H2. The summed E-state index contributed by atoms with van der Waals surface area (Å²) in [6.07, 6.45) is 4.18. The fourth-order valence-electron chi connectivity index (χ4n) is 2.26. The van der Waals surface area contributed by atoms with Gasteiger partial charge in [-0.15, -0.1) is 0 Å². The van der Waals surface area contributed by atoms with Gasteiger partial charge in [-0.3, -0.25) is 0 Å². The molecule has 2 N–H and O–H groups in total. The summed E-state index contributed by atoms with van der Waals surface area (Å²) >= 11 is 0. The average molecular weight is 227 g/mol. The summed E-state index contributed by atoms with van der Waals surface area (Å²) in [5, 5.41) is 0. The highest BCUT2D eigenvalue weighted by atomic mass is 19.3. The van der Waals surface area contributed by atoms with Gasteiger partial charge in [0.05, 0.1) is 0 Å². The topological polar surface area (TPSA) is 35.2 Å². The van der Waals surface area contributed by atoms with Crippen LogP contribution in [0.2, 0.25) is 0 Å². The Labute approximate surface area is 93.4 Å². The number of hydrogen-bond donors (Lipinski definition) is 1. The first-order valence-electron chi connectivity index (χ1n) is 5.44. The number of benzene rings is 1. The molecule has 0 saturated heterocycles. The van der Waals surface area contributed by atoms with Crippen molar-refractivity contribution < 1.29 is 13.5 Å². The van der Waals surface area contributed by atoms with Crippen molar-refractivity contribution in [2.24, 2.45) is 5.73 Å². The summed E-state index contributed by atoms with van der Waals surface area (Å²) in [5.74, 6) is 0.181. The van der Waals surface area contributed by atoms with E-state index in [1.165, 1.54) is 0 Å². The molecule has 0 aromatic heterocycles. The van der Waals surface area contributed by atoms with Gasteiger partial charge in [0.15, 0.2) is 0 Å². The lowest BCUT2D eigenvalue weighted by Crippen LogP contribution is -2.32.